The molecule has 1 saturated carbocycles. The molecule has 19 heavy (non-hydrogen) atoms. The van der Waals surface area contributed by atoms with Crippen LogP contribution in [-0.2, 0) is 4.79 Å². The highest BCUT2D eigenvalue weighted by Crippen LogP contribution is 2.33. The molecule has 0 aromatic rings. The molecule has 4 N–H and O–H groups in total. The highest BCUT2D eigenvalue weighted by Gasteiger charge is 2.43. The summed E-state index contributed by atoms with van der Waals surface area (Å²) in [6.07, 6.45) is 6.42. The summed E-state index contributed by atoms with van der Waals surface area (Å²) in [6.45, 7) is 4.80. The molecule has 3 unspecified atom stereocenters. The van der Waals surface area contributed by atoms with Crippen LogP contribution in [0.5, 0.6) is 0 Å². The largest absolute Gasteiger partial charge is 0.368 e. The number of nitrogens with zero attached hydrogens (tertiary/aromatic N) is 2. The van der Waals surface area contributed by atoms with Crippen molar-refractivity contribution >= 4 is 5.91 Å². The number of fused-ring (bicyclic) bond motifs is 1. The van der Waals surface area contributed by atoms with Crippen LogP contribution >= 0.6 is 0 Å². The number of amides is 1. The molecule has 0 spiro atoms. The molecule has 2 aliphatic heterocycles. The summed E-state index contributed by atoms with van der Waals surface area (Å²) in [5.74, 6) is -0.327. The van der Waals surface area contributed by atoms with Gasteiger partial charge in [-0.3, -0.25) is 14.6 Å². The Hall–Kier alpha value is -0.650. The number of nitrogens with two attached hydrogens (primary N) is 2. The minimum atomic E-state index is -0.758. The number of rotatable bonds is 2. The maximum absolute atomic E-state index is 11.5. The van der Waals surface area contributed by atoms with Crippen LogP contribution in [0.25, 0.3) is 0 Å². The van der Waals surface area contributed by atoms with Gasteiger partial charge in [0.25, 0.3) is 0 Å². The molecule has 3 aliphatic rings. The molecule has 108 valence electrons. The highest BCUT2D eigenvalue weighted by atomic mass is 16.1. The number of hydrogen-bond acceptors (Lipinski definition) is 4. The van der Waals surface area contributed by atoms with Gasteiger partial charge in [0.15, 0.2) is 0 Å². The van der Waals surface area contributed by atoms with Crippen LogP contribution in [0.3, 0.4) is 0 Å². The molecule has 1 amide bonds. The SMILES string of the molecule is NC(=O)C1(N)CCC(N2CCCN3CCCC3C2)C1. The standard InChI is InChI=1S/C14H26N4O/c15-13(19)14(16)5-4-11(9-14)18-8-2-7-17-6-1-3-12(17)10-18/h11-12H,1-10,16H2,(H2,15,19). The fraction of sp³-hybridized carbons (Fsp3) is 0.929. The van der Waals surface area contributed by atoms with Crippen molar-refractivity contribution in [3.05, 3.63) is 0 Å². The molecule has 3 atom stereocenters. The van der Waals surface area contributed by atoms with Gasteiger partial charge in [-0.25, -0.2) is 0 Å². The van der Waals surface area contributed by atoms with Gasteiger partial charge in [0.2, 0.25) is 5.91 Å². The van der Waals surface area contributed by atoms with Crippen molar-refractivity contribution in [3.63, 3.8) is 0 Å². The van der Waals surface area contributed by atoms with Crippen molar-refractivity contribution in [2.75, 3.05) is 26.2 Å². The molecule has 0 aromatic carbocycles. The Balaban J connectivity index is 1.64. The third-order valence-corrected chi connectivity index (χ3v) is 5.37. The zero-order valence-electron chi connectivity index (χ0n) is 11.7. The van der Waals surface area contributed by atoms with E-state index in [-0.39, 0.29) is 5.91 Å². The van der Waals surface area contributed by atoms with Crippen LogP contribution in [0.15, 0.2) is 0 Å². The van der Waals surface area contributed by atoms with E-state index in [9.17, 15) is 4.79 Å². The van der Waals surface area contributed by atoms with E-state index < -0.39 is 5.54 Å². The lowest BCUT2D eigenvalue weighted by Crippen LogP contribution is -2.51. The second-order valence-corrected chi connectivity index (χ2v) is 6.60. The summed E-state index contributed by atoms with van der Waals surface area (Å²) >= 11 is 0. The minimum absolute atomic E-state index is 0.327. The van der Waals surface area contributed by atoms with Gasteiger partial charge in [-0.05, 0) is 58.2 Å². The van der Waals surface area contributed by atoms with Gasteiger partial charge in [-0.2, -0.15) is 0 Å². The van der Waals surface area contributed by atoms with E-state index in [0.717, 1.165) is 38.4 Å². The predicted octanol–water partition coefficient (Wildman–Crippen LogP) is -0.108. The Morgan fingerprint density at radius 2 is 1.79 bits per heavy atom. The number of primary amides is 1. The topological polar surface area (TPSA) is 75.6 Å². The predicted molar refractivity (Wildman–Crippen MR) is 74.5 cm³/mol. The average molecular weight is 266 g/mol. The summed E-state index contributed by atoms with van der Waals surface area (Å²) in [4.78, 5) is 16.7. The van der Waals surface area contributed by atoms with Gasteiger partial charge >= 0.3 is 0 Å². The molecular weight excluding hydrogens is 240 g/mol. The summed E-state index contributed by atoms with van der Waals surface area (Å²) in [6, 6.07) is 1.18. The summed E-state index contributed by atoms with van der Waals surface area (Å²) < 4.78 is 0. The Kier molecular flexibility index (Phi) is 3.53. The number of hydrogen-bond donors (Lipinski definition) is 2. The molecule has 1 aliphatic carbocycles. The van der Waals surface area contributed by atoms with Gasteiger partial charge in [0.1, 0.15) is 0 Å². The van der Waals surface area contributed by atoms with E-state index in [1.165, 1.54) is 32.4 Å². The molecule has 0 aromatic heterocycles. The first kappa shape index (κ1) is 13.3. The zero-order valence-corrected chi connectivity index (χ0v) is 11.7. The van der Waals surface area contributed by atoms with Gasteiger partial charge in [0, 0.05) is 18.6 Å². The molecule has 0 bridgehead atoms. The first-order valence-corrected chi connectivity index (χ1v) is 7.65. The lowest BCUT2D eigenvalue weighted by Gasteiger charge is -2.31. The highest BCUT2D eigenvalue weighted by molar-refractivity contribution is 5.84. The second kappa shape index (κ2) is 5.04. The van der Waals surface area contributed by atoms with Gasteiger partial charge in [-0.15, -0.1) is 0 Å². The Bertz CT molecular complexity index is 361. The van der Waals surface area contributed by atoms with Crippen LogP contribution in [0.1, 0.15) is 38.5 Å². The maximum atomic E-state index is 11.5. The van der Waals surface area contributed by atoms with Crippen molar-refractivity contribution < 1.29 is 4.79 Å². The molecule has 3 fully saturated rings. The Morgan fingerprint density at radius 3 is 2.53 bits per heavy atom. The first-order chi connectivity index (χ1) is 9.08. The lowest BCUT2D eigenvalue weighted by atomic mass is 9.98. The fourth-order valence-electron chi connectivity index (χ4n) is 4.15. The summed E-state index contributed by atoms with van der Waals surface area (Å²) in [7, 11) is 0. The molecule has 5 nitrogen and oxygen atoms in total. The van der Waals surface area contributed by atoms with Crippen molar-refractivity contribution in [2.24, 2.45) is 11.5 Å². The van der Waals surface area contributed by atoms with Crippen LogP contribution in [0, 0.1) is 0 Å². The van der Waals surface area contributed by atoms with E-state index in [0.29, 0.717) is 6.04 Å². The van der Waals surface area contributed by atoms with Gasteiger partial charge < -0.3 is 11.5 Å². The minimum Gasteiger partial charge on any atom is -0.368 e. The number of carbonyl (C=O) groups is 1. The van der Waals surface area contributed by atoms with Crippen molar-refractivity contribution in [3.8, 4) is 0 Å². The van der Waals surface area contributed by atoms with Gasteiger partial charge in [-0.1, -0.05) is 0 Å². The number of carbonyl (C=O) groups excluding carboxylic acids is 1. The molecule has 2 saturated heterocycles. The molecule has 0 radical (unpaired) electrons. The fourth-order valence-corrected chi connectivity index (χ4v) is 4.15. The van der Waals surface area contributed by atoms with E-state index in [4.69, 9.17) is 11.5 Å². The van der Waals surface area contributed by atoms with E-state index in [1.54, 1.807) is 0 Å². The monoisotopic (exact) mass is 266 g/mol. The first-order valence-electron chi connectivity index (χ1n) is 7.65. The van der Waals surface area contributed by atoms with Crippen LogP contribution in [0.4, 0.5) is 0 Å². The maximum Gasteiger partial charge on any atom is 0.237 e. The summed E-state index contributed by atoms with van der Waals surface area (Å²) in [5, 5.41) is 0. The van der Waals surface area contributed by atoms with Gasteiger partial charge in [0.05, 0.1) is 5.54 Å². The van der Waals surface area contributed by atoms with Crippen LogP contribution in [0.2, 0.25) is 0 Å². The quantitative estimate of drug-likeness (QED) is 0.731. The second-order valence-electron chi connectivity index (χ2n) is 6.60. The normalized spacial score (nSPS) is 41.1. The molecule has 5 heteroatoms. The Morgan fingerprint density at radius 1 is 1.05 bits per heavy atom. The third kappa shape index (κ3) is 2.51. The average Bonchev–Trinajstić information content (AvgIpc) is 2.92. The smallest absolute Gasteiger partial charge is 0.237 e. The third-order valence-electron chi connectivity index (χ3n) is 5.37. The lowest BCUT2D eigenvalue weighted by molar-refractivity contribution is -0.123. The summed E-state index contributed by atoms with van der Waals surface area (Å²) in [5.41, 5.74) is 10.8. The van der Waals surface area contributed by atoms with Crippen molar-refractivity contribution in [2.45, 2.75) is 56.1 Å². The van der Waals surface area contributed by atoms with Crippen molar-refractivity contribution in [1.29, 1.82) is 0 Å². The molecule has 2 heterocycles. The molecule has 3 rings (SSSR count). The molecular formula is C14H26N4O. The Labute approximate surface area is 115 Å². The van der Waals surface area contributed by atoms with Crippen molar-refractivity contribution in [1.82, 2.24) is 9.80 Å². The van der Waals surface area contributed by atoms with Crippen LogP contribution in [-0.4, -0.2) is 59.5 Å². The van der Waals surface area contributed by atoms with Crippen LogP contribution < -0.4 is 11.5 Å². The van der Waals surface area contributed by atoms with E-state index in [2.05, 4.69) is 9.80 Å². The zero-order chi connectivity index (χ0) is 13.5. The van der Waals surface area contributed by atoms with E-state index in [1.807, 2.05) is 0 Å². The van der Waals surface area contributed by atoms with E-state index >= 15 is 0 Å².